The number of methoxy groups -OCH3 is 1. The minimum absolute atomic E-state index is 0.0753. The highest BCUT2D eigenvalue weighted by Gasteiger charge is 2.26. The summed E-state index contributed by atoms with van der Waals surface area (Å²) in [6.07, 6.45) is 0. The first-order chi connectivity index (χ1) is 8.65. The van der Waals surface area contributed by atoms with Crippen LogP contribution in [-0.4, -0.2) is 24.0 Å². The minimum Gasteiger partial charge on any atom is -0.465 e. The lowest BCUT2D eigenvalue weighted by atomic mass is 10.0. The molecule has 18 heavy (non-hydrogen) atoms. The molecule has 0 aliphatic heterocycles. The summed E-state index contributed by atoms with van der Waals surface area (Å²) in [5, 5.41) is 3.64. The Bertz CT molecular complexity index is 586. The fourth-order valence-electron chi connectivity index (χ4n) is 1.59. The van der Waals surface area contributed by atoms with E-state index in [0.29, 0.717) is 11.3 Å². The van der Waals surface area contributed by atoms with Gasteiger partial charge in [0.15, 0.2) is 0 Å². The Morgan fingerprint density at radius 3 is 2.50 bits per heavy atom. The van der Waals surface area contributed by atoms with E-state index in [9.17, 15) is 9.59 Å². The van der Waals surface area contributed by atoms with Gasteiger partial charge in [-0.25, -0.2) is 4.79 Å². The number of ketones is 1. The predicted octanol–water partition coefficient (Wildman–Crippen LogP) is 2.00. The first-order valence-corrected chi connectivity index (χ1v) is 5.29. The zero-order valence-corrected chi connectivity index (χ0v) is 9.97. The van der Waals surface area contributed by atoms with E-state index in [2.05, 4.69) is 9.89 Å². The molecule has 92 valence electrons. The Balaban J connectivity index is 2.47. The largest absolute Gasteiger partial charge is 0.465 e. The lowest BCUT2D eigenvalue weighted by Crippen LogP contribution is -2.10. The number of aromatic nitrogens is 1. The second-order valence-electron chi connectivity index (χ2n) is 3.66. The zero-order valence-electron chi connectivity index (χ0n) is 9.97. The molecular weight excluding hydrogens is 234 g/mol. The summed E-state index contributed by atoms with van der Waals surface area (Å²) < 4.78 is 9.55. The normalized spacial score (nSPS) is 10.1. The Kier molecular flexibility index (Phi) is 3.23. The number of carbonyl (C=O) groups excluding carboxylic acids is 2. The topological polar surface area (TPSA) is 69.4 Å². The summed E-state index contributed by atoms with van der Waals surface area (Å²) in [5.41, 5.74) is 0.839. The number of aryl methyl sites for hydroxylation is 1. The van der Waals surface area contributed by atoms with Crippen molar-refractivity contribution in [2.45, 2.75) is 6.92 Å². The van der Waals surface area contributed by atoms with E-state index < -0.39 is 11.8 Å². The molecule has 2 rings (SSSR count). The molecule has 5 nitrogen and oxygen atoms in total. The van der Waals surface area contributed by atoms with Crippen molar-refractivity contribution in [1.29, 1.82) is 0 Å². The highest BCUT2D eigenvalue weighted by molar-refractivity contribution is 6.12. The Morgan fingerprint density at radius 2 is 1.89 bits per heavy atom. The van der Waals surface area contributed by atoms with Gasteiger partial charge in [-0.05, 0) is 6.92 Å². The van der Waals surface area contributed by atoms with Gasteiger partial charge in [-0.15, -0.1) is 0 Å². The zero-order chi connectivity index (χ0) is 13.1. The van der Waals surface area contributed by atoms with Gasteiger partial charge in [0.1, 0.15) is 5.56 Å². The summed E-state index contributed by atoms with van der Waals surface area (Å²) in [6.45, 7) is 1.58. The summed E-state index contributed by atoms with van der Waals surface area (Å²) in [5.74, 6) is -1.12. The molecule has 0 aliphatic rings. The highest BCUT2D eigenvalue weighted by Crippen LogP contribution is 2.18. The third-order valence-electron chi connectivity index (χ3n) is 2.49. The molecule has 0 unspecified atom stereocenters. The lowest BCUT2D eigenvalue weighted by molar-refractivity contribution is 0.0595. The minimum atomic E-state index is -0.631. The van der Waals surface area contributed by atoms with Gasteiger partial charge < -0.3 is 9.26 Å². The Hall–Kier alpha value is -2.43. The second-order valence-corrected chi connectivity index (χ2v) is 3.66. The van der Waals surface area contributed by atoms with Gasteiger partial charge in [-0.2, -0.15) is 0 Å². The van der Waals surface area contributed by atoms with Crippen molar-refractivity contribution in [1.82, 2.24) is 5.16 Å². The number of rotatable bonds is 3. The van der Waals surface area contributed by atoms with E-state index in [0.717, 1.165) is 0 Å². The molecule has 0 fully saturated rings. The maximum Gasteiger partial charge on any atom is 0.343 e. The number of hydrogen-bond acceptors (Lipinski definition) is 5. The van der Waals surface area contributed by atoms with E-state index in [1.807, 2.05) is 0 Å². The molecule has 0 aliphatic carbocycles. The van der Waals surface area contributed by atoms with Crippen LogP contribution in [0.3, 0.4) is 0 Å². The molecule has 2 aromatic rings. The van der Waals surface area contributed by atoms with Crippen molar-refractivity contribution >= 4 is 11.8 Å². The summed E-state index contributed by atoms with van der Waals surface area (Å²) in [4.78, 5) is 23.7. The standard InChI is InChI=1S/C13H11NO4/c1-8-10(13(16)17-2)12(18-14-8)11(15)9-6-4-3-5-7-9/h3-7H,1-2H3. The number of ether oxygens (including phenoxy) is 1. The van der Waals surface area contributed by atoms with E-state index in [1.165, 1.54) is 7.11 Å². The maximum absolute atomic E-state index is 12.2. The molecule has 0 atom stereocenters. The van der Waals surface area contributed by atoms with E-state index >= 15 is 0 Å². The summed E-state index contributed by atoms with van der Waals surface area (Å²) >= 11 is 0. The number of carbonyl (C=O) groups is 2. The highest BCUT2D eigenvalue weighted by atomic mass is 16.5. The van der Waals surface area contributed by atoms with Crippen molar-refractivity contribution in [2.75, 3.05) is 7.11 Å². The second kappa shape index (κ2) is 4.83. The van der Waals surface area contributed by atoms with E-state index in [4.69, 9.17) is 4.52 Å². The lowest BCUT2D eigenvalue weighted by Gasteiger charge is -2.00. The van der Waals surface area contributed by atoms with E-state index in [1.54, 1.807) is 37.3 Å². The molecule has 1 aromatic heterocycles. The summed E-state index contributed by atoms with van der Waals surface area (Å²) in [6, 6.07) is 8.54. The van der Waals surface area contributed by atoms with Gasteiger partial charge in [0.25, 0.3) is 0 Å². The number of hydrogen-bond donors (Lipinski definition) is 0. The fraction of sp³-hybridized carbons (Fsp3) is 0.154. The third kappa shape index (κ3) is 2.02. The van der Waals surface area contributed by atoms with Crippen LogP contribution < -0.4 is 0 Å². The average molecular weight is 245 g/mol. The number of benzene rings is 1. The summed E-state index contributed by atoms with van der Waals surface area (Å²) in [7, 11) is 1.24. The van der Waals surface area contributed by atoms with Crippen LogP contribution in [0.1, 0.15) is 32.2 Å². The Morgan fingerprint density at radius 1 is 1.22 bits per heavy atom. The molecule has 0 saturated heterocycles. The van der Waals surface area contributed by atoms with Gasteiger partial charge in [-0.3, -0.25) is 4.79 Å². The monoisotopic (exact) mass is 245 g/mol. The molecule has 5 heteroatoms. The molecule has 0 radical (unpaired) electrons. The van der Waals surface area contributed by atoms with Gasteiger partial charge in [-0.1, -0.05) is 35.5 Å². The maximum atomic E-state index is 12.2. The molecule has 0 spiro atoms. The molecule has 1 aromatic carbocycles. The van der Waals surface area contributed by atoms with Crippen LogP contribution in [0, 0.1) is 6.92 Å². The van der Waals surface area contributed by atoms with Crippen LogP contribution in [0.5, 0.6) is 0 Å². The third-order valence-corrected chi connectivity index (χ3v) is 2.49. The van der Waals surface area contributed by atoms with Crippen molar-refractivity contribution in [3.63, 3.8) is 0 Å². The van der Waals surface area contributed by atoms with Gasteiger partial charge in [0.05, 0.1) is 12.8 Å². The van der Waals surface area contributed by atoms with Crippen LogP contribution in [-0.2, 0) is 4.74 Å². The van der Waals surface area contributed by atoms with Crippen molar-refractivity contribution in [3.8, 4) is 0 Å². The van der Waals surface area contributed by atoms with Gasteiger partial charge in [0, 0.05) is 5.56 Å². The Labute approximate surface area is 103 Å². The molecular formula is C13H11NO4. The van der Waals surface area contributed by atoms with Crippen LogP contribution in [0.15, 0.2) is 34.9 Å². The smallest absolute Gasteiger partial charge is 0.343 e. The first-order valence-electron chi connectivity index (χ1n) is 5.29. The predicted molar refractivity (Wildman–Crippen MR) is 62.5 cm³/mol. The number of esters is 1. The fourth-order valence-corrected chi connectivity index (χ4v) is 1.59. The van der Waals surface area contributed by atoms with E-state index in [-0.39, 0.29) is 11.3 Å². The number of nitrogens with zero attached hydrogens (tertiary/aromatic N) is 1. The van der Waals surface area contributed by atoms with Crippen molar-refractivity contribution < 1.29 is 18.8 Å². The first kappa shape index (κ1) is 12.0. The van der Waals surface area contributed by atoms with Gasteiger partial charge >= 0.3 is 5.97 Å². The van der Waals surface area contributed by atoms with Crippen LogP contribution in [0.25, 0.3) is 0 Å². The molecule has 0 saturated carbocycles. The molecule has 0 amide bonds. The SMILES string of the molecule is COC(=O)c1c(C)noc1C(=O)c1ccccc1. The quantitative estimate of drug-likeness (QED) is 0.611. The van der Waals surface area contributed by atoms with Crippen LogP contribution in [0.4, 0.5) is 0 Å². The van der Waals surface area contributed by atoms with Gasteiger partial charge in [0.2, 0.25) is 11.5 Å². The van der Waals surface area contributed by atoms with Crippen molar-refractivity contribution in [2.24, 2.45) is 0 Å². The van der Waals surface area contributed by atoms with Crippen LogP contribution >= 0.6 is 0 Å². The molecule has 0 N–H and O–H groups in total. The van der Waals surface area contributed by atoms with Crippen molar-refractivity contribution in [3.05, 3.63) is 52.9 Å². The average Bonchev–Trinajstić information content (AvgIpc) is 2.80. The van der Waals surface area contributed by atoms with Crippen LogP contribution in [0.2, 0.25) is 0 Å². The molecule has 1 heterocycles. The molecule has 0 bridgehead atoms.